The van der Waals surface area contributed by atoms with E-state index in [0.29, 0.717) is 12.0 Å². The van der Waals surface area contributed by atoms with E-state index >= 15 is 0 Å². The van der Waals surface area contributed by atoms with Gasteiger partial charge in [-0.05, 0) is 44.5 Å². The Labute approximate surface area is 96.6 Å². The summed E-state index contributed by atoms with van der Waals surface area (Å²) >= 11 is 0. The minimum absolute atomic E-state index is 0.0152. The third-order valence-electron chi connectivity index (χ3n) is 2.29. The molecule has 0 fully saturated rings. The molecule has 88 valence electrons. The average molecular weight is 221 g/mol. The van der Waals surface area contributed by atoms with Crippen LogP contribution in [0.15, 0.2) is 24.3 Å². The van der Waals surface area contributed by atoms with Gasteiger partial charge >= 0.3 is 0 Å². The number of ether oxygens (including phenoxy) is 1. The molecule has 3 nitrogen and oxygen atoms in total. The van der Waals surface area contributed by atoms with Crippen molar-refractivity contribution in [2.75, 3.05) is 0 Å². The molecule has 1 unspecified atom stereocenters. The first-order valence-electron chi connectivity index (χ1n) is 5.61. The Morgan fingerprint density at radius 3 is 2.31 bits per heavy atom. The molecule has 1 atom stereocenters. The van der Waals surface area contributed by atoms with E-state index in [4.69, 9.17) is 10.5 Å². The zero-order chi connectivity index (χ0) is 12.1. The van der Waals surface area contributed by atoms with Crippen LogP contribution >= 0.6 is 0 Å². The summed E-state index contributed by atoms with van der Waals surface area (Å²) in [6.07, 6.45) is 0.794. The summed E-state index contributed by atoms with van der Waals surface area (Å²) < 4.78 is 5.49. The maximum atomic E-state index is 11.7. The second kappa shape index (κ2) is 5.66. The fourth-order valence-corrected chi connectivity index (χ4v) is 1.37. The lowest BCUT2D eigenvalue weighted by Gasteiger charge is -2.11. The number of hydrogen-bond donors (Lipinski definition) is 1. The molecule has 0 amide bonds. The molecule has 0 saturated carbocycles. The third kappa shape index (κ3) is 3.35. The topological polar surface area (TPSA) is 52.3 Å². The number of hydrogen-bond acceptors (Lipinski definition) is 3. The Morgan fingerprint density at radius 1 is 1.31 bits per heavy atom. The summed E-state index contributed by atoms with van der Waals surface area (Å²) in [4.78, 5) is 11.7. The van der Waals surface area contributed by atoms with Crippen LogP contribution in [0.25, 0.3) is 0 Å². The summed E-state index contributed by atoms with van der Waals surface area (Å²) in [6.45, 7) is 5.83. The summed E-state index contributed by atoms with van der Waals surface area (Å²) in [7, 11) is 0. The molecule has 0 bridgehead atoms. The van der Waals surface area contributed by atoms with Gasteiger partial charge in [-0.3, -0.25) is 4.79 Å². The lowest BCUT2D eigenvalue weighted by atomic mass is 10.0. The molecule has 0 aliphatic heterocycles. The Kier molecular flexibility index (Phi) is 4.50. The molecule has 0 spiro atoms. The normalized spacial score (nSPS) is 12.6. The van der Waals surface area contributed by atoms with Crippen molar-refractivity contribution < 1.29 is 9.53 Å². The van der Waals surface area contributed by atoms with Gasteiger partial charge in [0.05, 0.1) is 12.1 Å². The molecular formula is C13H19NO2. The van der Waals surface area contributed by atoms with Crippen LogP contribution in [-0.4, -0.2) is 17.9 Å². The van der Waals surface area contributed by atoms with Gasteiger partial charge < -0.3 is 10.5 Å². The zero-order valence-corrected chi connectivity index (χ0v) is 10.1. The standard InChI is InChI=1S/C13H19NO2/c1-4-12(14)13(15)10-5-7-11(8-6-10)16-9(2)3/h5-9,12H,4,14H2,1-3H3. The van der Waals surface area contributed by atoms with Gasteiger partial charge in [-0.2, -0.15) is 0 Å². The van der Waals surface area contributed by atoms with Gasteiger partial charge in [0, 0.05) is 5.56 Å². The summed E-state index contributed by atoms with van der Waals surface area (Å²) in [5.74, 6) is 0.759. The van der Waals surface area contributed by atoms with Crippen LogP contribution in [0.3, 0.4) is 0 Å². The van der Waals surface area contributed by atoms with E-state index in [0.717, 1.165) is 5.75 Å². The minimum atomic E-state index is -0.406. The highest BCUT2D eigenvalue weighted by molar-refractivity contribution is 5.99. The fraction of sp³-hybridized carbons (Fsp3) is 0.462. The van der Waals surface area contributed by atoms with Gasteiger partial charge in [0.15, 0.2) is 5.78 Å². The first-order chi connectivity index (χ1) is 7.54. The number of benzene rings is 1. The van der Waals surface area contributed by atoms with Gasteiger partial charge in [-0.15, -0.1) is 0 Å². The van der Waals surface area contributed by atoms with Gasteiger partial charge in [-0.1, -0.05) is 6.92 Å². The van der Waals surface area contributed by atoms with Crippen LogP contribution in [0.4, 0.5) is 0 Å². The summed E-state index contributed by atoms with van der Waals surface area (Å²) in [6, 6.07) is 6.72. The second-order valence-electron chi connectivity index (χ2n) is 4.07. The molecule has 0 aliphatic carbocycles. The lowest BCUT2D eigenvalue weighted by molar-refractivity contribution is 0.0959. The maximum Gasteiger partial charge on any atom is 0.179 e. The van der Waals surface area contributed by atoms with Crippen molar-refractivity contribution in [3.05, 3.63) is 29.8 Å². The van der Waals surface area contributed by atoms with Crippen molar-refractivity contribution in [2.24, 2.45) is 5.73 Å². The van der Waals surface area contributed by atoms with Crippen LogP contribution in [0, 0.1) is 0 Å². The summed E-state index contributed by atoms with van der Waals surface area (Å²) in [5.41, 5.74) is 6.33. The Hall–Kier alpha value is -1.35. The number of Topliss-reactive ketones (excluding diaryl/α,β-unsaturated/α-hetero) is 1. The van der Waals surface area contributed by atoms with Crippen LogP contribution in [0.2, 0.25) is 0 Å². The molecule has 16 heavy (non-hydrogen) atoms. The highest BCUT2D eigenvalue weighted by atomic mass is 16.5. The van der Waals surface area contributed by atoms with Crippen LogP contribution in [-0.2, 0) is 0 Å². The molecule has 1 aromatic rings. The predicted octanol–water partition coefficient (Wildman–Crippen LogP) is 2.39. The molecule has 0 saturated heterocycles. The molecule has 3 heteroatoms. The van der Waals surface area contributed by atoms with Crippen molar-refractivity contribution >= 4 is 5.78 Å². The van der Waals surface area contributed by atoms with Gasteiger partial charge in [-0.25, -0.2) is 0 Å². The van der Waals surface area contributed by atoms with Crippen molar-refractivity contribution in [2.45, 2.75) is 39.3 Å². The SMILES string of the molecule is CCC(N)C(=O)c1ccc(OC(C)C)cc1. The number of carbonyl (C=O) groups excluding carboxylic acids is 1. The molecule has 0 heterocycles. The Morgan fingerprint density at radius 2 is 1.88 bits per heavy atom. The number of carbonyl (C=O) groups is 1. The fourth-order valence-electron chi connectivity index (χ4n) is 1.37. The molecule has 2 N–H and O–H groups in total. The monoisotopic (exact) mass is 221 g/mol. The van der Waals surface area contributed by atoms with Crippen LogP contribution in [0.1, 0.15) is 37.6 Å². The number of ketones is 1. The molecule has 1 rings (SSSR count). The third-order valence-corrected chi connectivity index (χ3v) is 2.29. The van der Waals surface area contributed by atoms with Crippen molar-refractivity contribution in [1.29, 1.82) is 0 Å². The summed E-state index contributed by atoms with van der Waals surface area (Å²) in [5, 5.41) is 0. The van der Waals surface area contributed by atoms with Gasteiger partial charge in [0.2, 0.25) is 0 Å². The number of nitrogens with two attached hydrogens (primary N) is 1. The average Bonchev–Trinajstić information content (AvgIpc) is 2.27. The Balaban J connectivity index is 2.74. The molecular weight excluding hydrogens is 202 g/mol. The van der Waals surface area contributed by atoms with E-state index in [1.54, 1.807) is 24.3 Å². The second-order valence-corrected chi connectivity index (χ2v) is 4.07. The molecule has 0 aromatic heterocycles. The van der Waals surface area contributed by atoms with Crippen molar-refractivity contribution in [1.82, 2.24) is 0 Å². The highest BCUT2D eigenvalue weighted by Gasteiger charge is 2.13. The van der Waals surface area contributed by atoms with E-state index in [-0.39, 0.29) is 11.9 Å². The predicted molar refractivity (Wildman–Crippen MR) is 64.8 cm³/mol. The molecule has 0 radical (unpaired) electrons. The van der Waals surface area contributed by atoms with E-state index in [2.05, 4.69) is 0 Å². The van der Waals surface area contributed by atoms with Crippen LogP contribution < -0.4 is 10.5 Å². The van der Waals surface area contributed by atoms with E-state index in [9.17, 15) is 4.79 Å². The molecule has 0 aliphatic rings. The molecule has 1 aromatic carbocycles. The van der Waals surface area contributed by atoms with E-state index < -0.39 is 6.04 Å². The van der Waals surface area contributed by atoms with Crippen molar-refractivity contribution in [3.63, 3.8) is 0 Å². The highest BCUT2D eigenvalue weighted by Crippen LogP contribution is 2.15. The lowest BCUT2D eigenvalue weighted by Crippen LogP contribution is -2.29. The maximum absolute atomic E-state index is 11.7. The van der Waals surface area contributed by atoms with Crippen LogP contribution in [0.5, 0.6) is 5.75 Å². The first-order valence-corrected chi connectivity index (χ1v) is 5.61. The zero-order valence-electron chi connectivity index (χ0n) is 10.1. The first kappa shape index (κ1) is 12.7. The van der Waals surface area contributed by atoms with Gasteiger partial charge in [0.25, 0.3) is 0 Å². The largest absolute Gasteiger partial charge is 0.491 e. The van der Waals surface area contributed by atoms with E-state index in [1.165, 1.54) is 0 Å². The Bertz CT molecular complexity index is 343. The smallest absolute Gasteiger partial charge is 0.179 e. The van der Waals surface area contributed by atoms with E-state index in [1.807, 2.05) is 20.8 Å². The number of rotatable bonds is 5. The van der Waals surface area contributed by atoms with Gasteiger partial charge in [0.1, 0.15) is 5.75 Å². The quantitative estimate of drug-likeness (QED) is 0.777. The minimum Gasteiger partial charge on any atom is -0.491 e. The van der Waals surface area contributed by atoms with Crippen molar-refractivity contribution in [3.8, 4) is 5.75 Å².